The molecule has 0 saturated carbocycles. The first-order valence-electron chi connectivity index (χ1n) is 9.53. The van der Waals surface area contributed by atoms with Crippen LogP contribution in [0.4, 0.5) is 5.69 Å². The zero-order chi connectivity index (χ0) is 22.8. The first kappa shape index (κ1) is 22.2. The van der Waals surface area contributed by atoms with Crippen LogP contribution >= 0.6 is 34.8 Å². The van der Waals surface area contributed by atoms with Crippen molar-refractivity contribution in [2.24, 2.45) is 0 Å². The van der Waals surface area contributed by atoms with Gasteiger partial charge in [-0.3, -0.25) is 9.59 Å². The van der Waals surface area contributed by atoms with Crippen LogP contribution in [0.1, 0.15) is 5.56 Å². The Morgan fingerprint density at radius 3 is 2.50 bits per heavy atom. The SMILES string of the molecule is Cc1ccc2c(=O)c(OCC(=O)Nc3ccc(Cl)c(Cl)c3)c(-c3ccccc3Cl)oc2c1. The molecular formula is C24H16Cl3NO4. The molecule has 32 heavy (non-hydrogen) atoms. The van der Waals surface area contributed by atoms with E-state index in [0.717, 1.165) is 5.56 Å². The number of anilines is 1. The molecule has 0 aliphatic rings. The van der Waals surface area contributed by atoms with Gasteiger partial charge in [0.15, 0.2) is 12.4 Å². The number of fused-ring (bicyclic) bond motifs is 1. The summed E-state index contributed by atoms with van der Waals surface area (Å²) in [7, 11) is 0. The predicted octanol–water partition coefficient (Wildman–Crippen LogP) is 6.75. The standard InChI is InChI=1S/C24H16Cl3NO4/c1-13-6-8-16-20(10-13)32-23(15-4-2-3-5-17(15)25)24(22(16)30)31-12-21(29)28-14-7-9-18(26)19(27)11-14/h2-11H,12H2,1H3,(H,28,29). The van der Waals surface area contributed by atoms with Gasteiger partial charge in [0.25, 0.3) is 5.91 Å². The quantitative estimate of drug-likeness (QED) is 0.337. The highest BCUT2D eigenvalue weighted by molar-refractivity contribution is 6.42. The molecule has 1 amide bonds. The number of hydrogen-bond donors (Lipinski definition) is 1. The van der Waals surface area contributed by atoms with Gasteiger partial charge >= 0.3 is 0 Å². The van der Waals surface area contributed by atoms with E-state index < -0.39 is 17.9 Å². The number of amides is 1. The minimum absolute atomic E-state index is 0.0984. The number of ether oxygens (including phenoxy) is 1. The molecule has 1 N–H and O–H groups in total. The molecule has 0 aliphatic heterocycles. The smallest absolute Gasteiger partial charge is 0.262 e. The molecule has 8 heteroatoms. The van der Waals surface area contributed by atoms with E-state index in [9.17, 15) is 9.59 Å². The summed E-state index contributed by atoms with van der Waals surface area (Å²) in [6.07, 6.45) is 0. The summed E-state index contributed by atoms with van der Waals surface area (Å²) in [5.74, 6) is -0.434. The van der Waals surface area contributed by atoms with Crippen LogP contribution in [-0.2, 0) is 4.79 Å². The Morgan fingerprint density at radius 2 is 1.75 bits per heavy atom. The third kappa shape index (κ3) is 4.60. The number of benzene rings is 3. The fourth-order valence-electron chi connectivity index (χ4n) is 3.15. The Hall–Kier alpha value is -2.99. The van der Waals surface area contributed by atoms with Gasteiger partial charge in [-0.2, -0.15) is 0 Å². The highest BCUT2D eigenvalue weighted by Crippen LogP contribution is 2.35. The van der Waals surface area contributed by atoms with Gasteiger partial charge in [-0.15, -0.1) is 0 Å². The van der Waals surface area contributed by atoms with Crippen LogP contribution in [0.5, 0.6) is 5.75 Å². The molecule has 0 aliphatic carbocycles. The number of nitrogens with one attached hydrogen (secondary N) is 1. The monoisotopic (exact) mass is 487 g/mol. The second-order valence-corrected chi connectivity index (χ2v) is 8.26. The van der Waals surface area contributed by atoms with E-state index in [1.54, 1.807) is 54.6 Å². The summed E-state index contributed by atoms with van der Waals surface area (Å²) >= 11 is 18.2. The lowest BCUT2D eigenvalue weighted by atomic mass is 10.1. The Bertz CT molecular complexity index is 1400. The van der Waals surface area contributed by atoms with Crippen LogP contribution in [0.25, 0.3) is 22.3 Å². The number of hydrogen-bond acceptors (Lipinski definition) is 4. The van der Waals surface area contributed by atoms with Gasteiger partial charge in [0.2, 0.25) is 11.2 Å². The zero-order valence-corrected chi connectivity index (χ0v) is 19.0. The molecule has 0 bridgehead atoms. The van der Waals surface area contributed by atoms with Crippen LogP contribution in [0, 0.1) is 6.92 Å². The molecule has 1 aromatic heterocycles. The fourth-order valence-corrected chi connectivity index (χ4v) is 3.67. The highest BCUT2D eigenvalue weighted by atomic mass is 35.5. The van der Waals surface area contributed by atoms with Crippen molar-refractivity contribution in [2.45, 2.75) is 6.92 Å². The molecule has 4 aromatic rings. The summed E-state index contributed by atoms with van der Waals surface area (Å²) < 4.78 is 11.7. The summed E-state index contributed by atoms with van der Waals surface area (Å²) in [4.78, 5) is 25.7. The maximum absolute atomic E-state index is 13.2. The first-order valence-corrected chi connectivity index (χ1v) is 10.7. The zero-order valence-electron chi connectivity index (χ0n) is 16.7. The normalized spacial score (nSPS) is 10.9. The average molecular weight is 489 g/mol. The van der Waals surface area contributed by atoms with Crippen molar-refractivity contribution in [3.63, 3.8) is 0 Å². The number of carbonyl (C=O) groups excluding carboxylic acids is 1. The van der Waals surface area contributed by atoms with E-state index in [2.05, 4.69) is 5.32 Å². The highest BCUT2D eigenvalue weighted by Gasteiger charge is 2.20. The van der Waals surface area contributed by atoms with Gasteiger partial charge < -0.3 is 14.5 Å². The third-order valence-electron chi connectivity index (χ3n) is 4.68. The maximum Gasteiger partial charge on any atom is 0.262 e. The topological polar surface area (TPSA) is 68.5 Å². The first-order chi connectivity index (χ1) is 15.3. The van der Waals surface area contributed by atoms with Gasteiger partial charge in [-0.25, -0.2) is 0 Å². The Labute approximate surface area is 198 Å². The lowest BCUT2D eigenvalue weighted by Gasteiger charge is -2.13. The Kier molecular flexibility index (Phi) is 6.42. The van der Waals surface area contributed by atoms with Crippen LogP contribution in [0.3, 0.4) is 0 Å². The van der Waals surface area contributed by atoms with Crippen molar-refractivity contribution in [3.8, 4) is 17.1 Å². The molecule has 162 valence electrons. The van der Waals surface area contributed by atoms with Gasteiger partial charge in [-0.05, 0) is 55.0 Å². The molecule has 5 nitrogen and oxygen atoms in total. The second-order valence-electron chi connectivity index (χ2n) is 7.03. The molecular weight excluding hydrogens is 473 g/mol. The van der Waals surface area contributed by atoms with Crippen LogP contribution in [-0.4, -0.2) is 12.5 Å². The third-order valence-corrected chi connectivity index (χ3v) is 5.74. The predicted molar refractivity (Wildman–Crippen MR) is 128 cm³/mol. The van der Waals surface area contributed by atoms with E-state index in [1.165, 1.54) is 6.07 Å². The Morgan fingerprint density at radius 1 is 0.969 bits per heavy atom. The summed E-state index contributed by atoms with van der Waals surface area (Å²) in [5.41, 5.74) is 1.86. The van der Waals surface area contributed by atoms with Crippen LogP contribution in [0.15, 0.2) is 69.9 Å². The lowest BCUT2D eigenvalue weighted by Crippen LogP contribution is -2.22. The number of carbonyl (C=O) groups is 1. The lowest BCUT2D eigenvalue weighted by molar-refractivity contribution is -0.118. The molecule has 3 aromatic carbocycles. The molecule has 0 saturated heterocycles. The maximum atomic E-state index is 13.2. The summed E-state index contributed by atoms with van der Waals surface area (Å²) in [6, 6.07) is 16.8. The second kappa shape index (κ2) is 9.25. The number of aryl methyl sites for hydroxylation is 1. The fraction of sp³-hybridized carbons (Fsp3) is 0.0833. The van der Waals surface area contributed by atoms with Crippen molar-refractivity contribution >= 4 is 57.4 Å². The molecule has 0 atom stereocenters. The summed E-state index contributed by atoms with van der Waals surface area (Å²) in [6.45, 7) is 1.46. The van der Waals surface area contributed by atoms with Crippen molar-refractivity contribution in [2.75, 3.05) is 11.9 Å². The molecule has 4 rings (SSSR count). The van der Waals surface area contributed by atoms with E-state index >= 15 is 0 Å². The molecule has 1 heterocycles. The van der Waals surface area contributed by atoms with Crippen molar-refractivity contribution in [3.05, 3.63) is 91.5 Å². The van der Waals surface area contributed by atoms with Crippen molar-refractivity contribution < 1.29 is 13.9 Å². The van der Waals surface area contributed by atoms with Crippen molar-refractivity contribution in [1.29, 1.82) is 0 Å². The van der Waals surface area contributed by atoms with E-state index in [-0.39, 0.29) is 11.5 Å². The summed E-state index contributed by atoms with van der Waals surface area (Å²) in [5, 5.41) is 4.04. The van der Waals surface area contributed by atoms with E-state index in [0.29, 0.717) is 37.3 Å². The van der Waals surface area contributed by atoms with Gasteiger partial charge in [-0.1, -0.05) is 53.0 Å². The largest absolute Gasteiger partial charge is 0.476 e. The Balaban J connectivity index is 1.70. The minimum atomic E-state index is -0.489. The molecule has 0 unspecified atom stereocenters. The number of rotatable bonds is 5. The van der Waals surface area contributed by atoms with Crippen LogP contribution < -0.4 is 15.5 Å². The minimum Gasteiger partial charge on any atom is -0.476 e. The molecule has 0 spiro atoms. The molecule has 0 radical (unpaired) electrons. The van der Waals surface area contributed by atoms with E-state index in [1.807, 2.05) is 6.92 Å². The van der Waals surface area contributed by atoms with Crippen LogP contribution in [0.2, 0.25) is 15.1 Å². The number of halogens is 3. The van der Waals surface area contributed by atoms with Gasteiger partial charge in [0.05, 0.1) is 20.5 Å². The van der Waals surface area contributed by atoms with Gasteiger partial charge in [0, 0.05) is 11.3 Å². The van der Waals surface area contributed by atoms with Crippen molar-refractivity contribution in [1.82, 2.24) is 0 Å². The molecule has 0 fully saturated rings. The van der Waals surface area contributed by atoms with Gasteiger partial charge in [0.1, 0.15) is 5.58 Å². The average Bonchev–Trinajstić information content (AvgIpc) is 2.76. The van der Waals surface area contributed by atoms with E-state index in [4.69, 9.17) is 44.0 Å².